The third kappa shape index (κ3) is 3.83. The summed E-state index contributed by atoms with van der Waals surface area (Å²) in [4.78, 5) is 31.9. The molecule has 3 aromatic rings. The van der Waals surface area contributed by atoms with Crippen LogP contribution in [-0.2, 0) is 34.2 Å². The van der Waals surface area contributed by atoms with Gasteiger partial charge in [0, 0.05) is 25.1 Å². The van der Waals surface area contributed by atoms with Crippen LogP contribution in [0.5, 0.6) is 0 Å². The first-order chi connectivity index (χ1) is 15.5. The molecule has 2 heterocycles. The number of rotatable bonds is 5. The van der Waals surface area contributed by atoms with Gasteiger partial charge in [0.2, 0.25) is 0 Å². The lowest BCUT2D eigenvalue weighted by Gasteiger charge is -2.34. The Morgan fingerprint density at radius 1 is 1.19 bits per heavy atom. The summed E-state index contributed by atoms with van der Waals surface area (Å²) in [5.41, 5.74) is 4.65. The van der Waals surface area contributed by atoms with E-state index in [9.17, 15) is 9.59 Å². The van der Waals surface area contributed by atoms with Gasteiger partial charge in [-0.15, -0.1) is 0 Å². The number of esters is 1. The third-order valence-electron chi connectivity index (χ3n) is 6.27. The monoisotopic (exact) mass is 435 g/mol. The van der Waals surface area contributed by atoms with E-state index in [2.05, 4.69) is 0 Å². The summed E-state index contributed by atoms with van der Waals surface area (Å²) in [7, 11) is 3.37. The highest BCUT2D eigenvalue weighted by Crippen LogP contribution is 2.36. The predicted molar refractivity (Wildman–Crippen MR) is 123 cm³/mol. The molecule has 1 aliphatic heterocycles. The van der Waals surface area contributed by atoms with Gasteiger partial charge in [-0.3, -0.25) is 9.69 Å². The van der Waals surface area contributed by atoms with Crippen LogP contribution in [0, 0.1) is 0 Å². The molecule has 0 aliphatic carbocycles. The first-order valence-corrected chi connectivity index (χ1v) is 11.0. The van der Waals surface area contributed by atoms with Crippen LogP contribution < -0.4 is 4.90 Å². The van der Waals surface area contributed by atoms with Crippen molar-refractivity contribution in [3.05, 3.63) is 59.4 Å². The fourth-order valence-electron chi connectivity index (χ4n) is 4.55. The zero-order chi connectivity index (χ0) is 22.8. The van der Waals surface area contributed by atoms with E-state index in [1.165, 1.54) is 7.11 Å². The van der Waals surface area contributed by atoms with Crippen molar-refractivity contribution in [2.75, 3.05) is 18.6 Å². The third-order valence-corrected chi connectivity index (χ3v) is 6.27. The Morgan fingerprint density at radius 2 is 1.94 bits per heavy atom. The molecule has 0 N–H and O–H groups in total. The molecule has 0 fully saturated rings. The Morgan fingerprint density at radius 3 is 2.62 bits per heavy atom. The fourth-order valence-corrected chi connectivity index (χ4v) is 4.55. The molecule has 1 amide bonds. The summed E-state index contributed by atoms with van der Waals surface area (Å²) in [6.07, 6.45) is 1.74. The molecule has 0 saturated heterocycles. The van der Waals surface area contributed by atoms with Gasteiger partial charge < -0.3 is 14.0 Å². The number of ether oxygens (including phenoxy) is 2. The Bertz CT molecular complexity index is 1140. The summed E-state index contributed by atoms with van der Waals surface area (Å²) < 4.78 is 12.4. The van der Waals surface area contributed by atoms with Crippen molar-refractivity contribution < 1.29 is 19.1 Å². The zero-order valence-corrected chi connectivity index (χ0v) is 19.0. The van der Waals surface area contributed by atoms with E-state index in [1.807, 2.05) is 67.9 Å². The van der Waals surface area contributed by atoms with Crippen molar-refractivity contribution in [1.82, 2.24) is 9.55 Å². The summed E-state index contributed by atoms with van der Waals surface area (Å²) in [6.45, 7) is 4.17. The van der Waals surface area contributed by atoms with E-state index >= 15 is 0 Å². The summed E-state index contributed by atoms with van der Waals surface area (Å²) in [5.74, 6) is 0.117. The van der Waals surface area contributed by atoms with E-state index in [0.717, 1.165) is 46.5 Å². The van der Waals surface area contributed by atoms with Gasteiger partial charge in [-0.25, -0.2) is 9.78 Å². The van der Waals surface area contributed by atoms with Gasteiger partial charge in [0.15, 0.2) is 0 Å². The molecule has 0 radical (unpaired) electrons. The van der Waals surface area contributed by atoms with E-state index in [0.29, 0.717) is 13.0 Å². The largest absolute Gasteiger partial charge is 0.466 e. The number of amides is 1. The number of hydrogen-bond acceptors (Lipinski definition) is 5. The number of benzene rings is 2. The summed E-state index contributed by atoms with van der Waals surface area (Å²) in [6, 6.07) is 13.7. The standard InChI is InChI=1S/C25H29N3O4/c1-5-32-24(29)19(17-9-7-6-8-10-17)15-22-26-23-18-12-11-16(2)28(25(30)31-4)20(18)13-14-21(23)27(22)3/h6-10,13-14,16,19H,5,11-12,15H2,1-4H3/t16-,19-/m0/s1. The highest BCUT2D eigenvalue weighted by atomic mass is 16.5. The highest BCUT2D eigenvalue weighted by molar-refractivity contribution is 5.95. The number of nitrogens with zero attached hydrogens (tertiary/aromatic N) is 3. The van der Waals surface area contributed by atoms with Crippen LogP contribution >= 0.6 is 0 Å². The molecule has 1 aromatic heterocycles. The summed E-state index contributed by atoms with van der Waals surface area (Å²) >= 11 is 0. The number of fused-ring (bicyclic) bond motifs is 3. The molecule has 7 nitrogen and oxygen atoms in total. The molecule has 4 rings (SSSR count). The molecular weight excluding hydrogens is 406 g/mol. The molecule has 0 bridgehead atoms. The van der Waals surface area contributed by atoms with Crippen LogP contribution in [0.3, 0.4) is 0 Å². The van der Waals surface area contributed by atoms with E-state index in [4.69, 9.17) is 14.5 Å². The number of carbonyl (C=O) groups is 2. The van der Waals surface area contributed by atoms with Gasteiger partial charge in [0.05, 0.1) is 36.4 Å². The highest BCUT2D eigenvalue weighted by Gasteiger charge is 2.32. The van der Waals surface area contributed by atoms with Crippen molar-refractivity contribution in [2.45, 2.75) is 45.1 Å². The van der Waals surface area contributed by atoms with Crippen LogP contribution in [0.4, 0.5) is 10.5 Å². The molecule has 2 atom stereocenters. The van der Waals surface area contributed by atoms with Gasteiger partial charge in [-0.05, 0) is 44.4 Å². The van der Waals surface area contributed by atoms with Crippen molar-refractivity contribution in [3.63, 3.8) is 0 Å². The lowest BCUT2D eigenvalue weighted by atomic mass is 9.95. The van der Waals surface area contributed by atoms with E-state index < -0.39 is 5.92 Å². The maximum atomic E-state index is 12.8. The number of anilines is 1. The van der Waals surface area contributed by atoms with Crippen molar-refractivity contribution in [3.8, 4) is 0 Å². The lowest BCUT2D eigenvalue weighted by molar-refractivity contribution is -0.145. The molecule has 0 spiro atoms. The molecule has 0 unspecified atom stereocenters. The van der Waals surface area contributed by atoms with Crippen LogP contribution in [0.1, 0.15) is 43.1 Å². The first kappa shape index (κ1) is 21.9. The van der Waals surface area contributed by atoms with Crippen molar-refractivity contribution >= 4 is 28.8 Å². The van der Waals surface area contributed by atoms with E-state index in [1.54, 1.807) is 4.90 Å². The smallest absolute Gasteiger partial charge is 0.414 e. The molecule has 0 saturated carbocycles. The lowest BCUT2D eigenvalue weighted by Crippen LogP contribution is -2.42. The maximum absolute atomic E-state index is 12.8. The normalized spacial score (nSPS) is 16.5. The first-order valence-electron chi connectivity index (χ1n) is 11.0. The number of methoxy groups -OCH3 is 1. The second kappa shape index (κ2) is 9.02. The molecule has 1 aliphatic rings. The minimum Gasteiger partial charge on any atom is -0.466 e. The van der Waals surface area contributed by atoms with Crippen LogP contribution in [0.25, 0.3) is 11.0 Å². The van der Waals surface area contributed by atoms with Crippen molar-refractivity contribution in [2.24, 2.45) is 7.05 Å². The van der Waals surface area contributed by atoms with Crippen LogP contribution in [0.15, 0.2) is 42.5 Å². The molecule has 168 valence electrons. The Hall–Kier alpha value is -3.35. The topological polar surface area (TPSA) is 73.7 Å². The number of aromatic nitrogens is 2. The molecular formula is C25H29N3O4. The second-order valence-electron chi connectivity index (χ2n) is 8.17. The number of imidazole rings is 1. The quantitative estimate of drug-likeness (QED) is 0.557. The van der Waals surface area contributed by atoms with Gasteiger partial charge in [-0.2, -0.15) is 0 Å². The average Bonchev–Trinajstić information content (AvgIpc) is 3.13. The van der Waals surface area contributed by atoms with Crippen molar-refractivity contribution in [1.29, 1.82) is 0 Å². The Labute approximate surface area is 187 Å². The zero-order valence-electron chi connectivity index (χ0n) is 19.0. The SMILES string of the molecule is CCOC(=O)[C@@H](Cc1nc2c3c(ccc2n1C)N(C(=O)OC)[C@@H](C)CC3)c1ccccc1. The van der Waals surface area contributed by atoms with Crippen LogP contribution in [0.2, 0.25) is 0 Å². The van der Waals surface area contributed by atoms with Gasteiger partial charge in [0.1, 0.15) is 5.82 Å². The molecule has 7 heteroatoms. The number of hydrogen-bond donors (Lipinski definition) is 0. The molecule has 32 heavy (non-hydrogen) atoms. The Kier molecular flexibility index (Phi) is 6.17. The van der Waals surface area contributed by atoms with Crippen LogP contribution in [-0.4, -0.2) is 41.4 Å². The summed E-state index contributed by atoms with van der Waals surface area (Å²) in [5, 5.41) is 0. The minimum absolute atomic E-state index is 0.0573. The van der Waals surface area contributed by atoms with Gasteiger partial charge >= 0.3 is 12.1 Å². The Balaban J connectivity index is 1.76. The number of aryl methyl sites for hydroxylation is 2. The average molecular weight is 436 g/mol. The van der Waals surface area contributed by atoms with Gasteiger partial charge in [-0.1, -0.05) is 30.3 Å². The number of carbonyl (C=O) groups excluding carboxylic acids is 2. The van der Waals surface area contributed by atoms with E-state index in [-0.39, 0.29) is 18.1 Å². The maximum Gasteiger partial charge on any atom is 0.414 e. The molecule has 2 aromatic carbocycles. The van der Waals surface area contributed by atoms with Gasteiger partial charge in [0.25, 0.3) is 0 Å². The second-order valence-corrected chi connectivity index (χ2v) is 8.17. The minimum atomic E-state index is -0.436. The fraction of sp³-hybridized carbons (Fsp3) is 0.400. The predicted octanol–water partition coefficient (Wildman–Crippen LogP) is 4.37.